The van der Waals surface area contributed by atoms with Gasteiger partial charge in [-0.1, -0.05) is 30.3 Å². The number of carbonyl (C=O) groups is 2. The zero-order chi connectivity index (χ0) is 19.0. The Bertz CT molecular complexity index is 698. The van der Waals surface area contributed by atoms with Crippen molar-refractivity contribution in [2.75, 3.05) is 26.2 Å². The largest absolute Gasteiger partial charge is 0.462 e. The van der Waals surface area contributed by atoms with Gasteiger partial charge in [0.05, 0.1) is 24.9 Å². The Hall–Kier alpha value is -1.88. The van der Waals surface area contributed by atoms with Crippen molar-refractivity contribution < 1.29 is 23.5 Å². The SMILES string of the molecule is CC[N+](CC)(CCOC(=O)[C@H]1[C@@H]2C[C@@H]3[C@@H]1C(=O)O[C@@H]3C2)Cc1ccccc1. The molecule has 3 fully saturated rings. The van der Waals surface area contributed by atoms with Crippen molar-refractivity contribution in [2.24, 2.45) is 23.7 Å². The Balaban J connectivity index is 1.35. The molecule has 0 spiro atoms. The molecular formula is C22H30NO4+. The summed E-state index contributed by atoms with van der Waals surface area (Å²) < 4.78 is 12.0. The van der Waals surface area contributed by atoms with E-state index in [1.807, 2.05) is 6.07 Å². The fraction of sp³-hybridized carbons (Fsp3) is 0.636. The van der Waals surface area contributed by atoms with E-state index in [0.717, 1.165) is 43.5 Å². The molecule has 1 saturated heterocycles. The molecule has 5 heteroatoms. The van der Waals surface area contributed by atoms with Crippen LogP contribution in [0.15, 0.2) is 30.3 Å². The van der Waals surface area contributed by atoms with E-state index in [-0.39, 0.29) is 41.7 Å². The first-order valence-electron chi connectivity index (χ1n) is 10.3. The maximum atomic E-state index is 12.8. The van der Waals surface area contributed by atoms with Crippen LogP contribution in [0.25, 0.3) is 0 Å². The number of hydrogen-bond acceptors (Lipinski definition) is 4. The van der Waals surface area contributed by atoms with Crippen LogP contribution in [-0.4, -0.2) is 48.8 Å². The van der Waals surface area contributed by atoms with Gasteiger partial charge in [-0.2, -0.15) is 0 Å². The molecule has 0 radical (unpaired) electrons. The highest BCUT2D eigenvalue weighted by Gasteiger charge is 2.64. The summed E-state index contributed by atoms with van der Waals surface area (Å²) in [5, 5.41) is 0. The molecule has 2 saturated carbocycles. The van der Waals surface area contributed by atoms with Crippen molar-refractivity contribution in [1.82, 2.24) is 0 Å². The van der Waals surface area contributed by atoms with E-state index in [0.29, 0.717) is 6.61 Å². The van der Waals surface area contributed by atoms with Crippen LogP contribution >= 0.6 is 0 Å². The summed E-state index contributed by atoms with van der Waals surface area (Å²) in [7, 11) is 0. The summed E-state index contributed by atoms with van der Waals surface area (Å²) in [5.74, 6) is -0.370. The smallest absolute Gasteiger partial charge is 0.310 e. The molecule has 0 amide bonds. The Morgan fingerprint density at radius 1 is 1.19 bits per heavy atom. The standard InChI is InChI=1S/C22H30NO4/c1-3-23(4-2,14-15-8-6-5-7-9-15)10-11-26-21(24)19-16-12-17-18(13-16)27-22(25)20(17)19/h5-9,16-20H,3-4,10-14H2,1-2H3/q+1/t16-,17+,18-,19+,20+/m1/s1. The average molecular weight is 372 g/mol. The number of benzene rings is 1. The zero-order valence-corrected chi connectivity index (χ0v) is 16.3. The highest BCUT2D eigenvalue weighted by Crippen LogP contribution is 2.57. The molecule has 5 atom stereocenters. The summed E-state index contributed by atoms with van der Waals surface area (Å²) in [6.07, 6.45) is 1.84. The van der Waals surface area contributed by atoms with Crippen molar-refractivity contribution in [3.63, 3.8) is 0 Å². The van der Waals surface area contributed by atoms with Gasteiger partial charge < -0.3 is 14.0 Å². The molecule has 1 aromatic rings. The third-order valence-corrected chi connectivity index (χ3v) is 7.27. The number of carbonyl (C=O) groups excluding carboxylic acids is 2. The normalized spacial score (nSPS) is 31.2. The minimum atomic E-state index is -0.277. The fourth-order valence-corrected chi connectivity index (χ4v) is 5.57. The fourth-order valence-electron chi connectivity index (χ4n) is 5.57. The predicted octanol–water partition coefficient (Wildman–Crippen LogP) is 2.78. The molecule has 1 heterocycles. The second-order valence-electron chi connectivity index (χ2n) is 8.43. The van der Waals surface area contributed by atoms with Crippen LogP contribution < -0.4 is 0 Å². The van der Waals surface area contributed by atoms with E-state index in [2.05, 4.69) is 38.1 Å². The highest BCUT2D eigenvalue weighted by molar-refractivity contribution is 5.85. The van der Waals surface area contributed by atoms with E-state index in [9.17, 15) is 9.59 Å². The molecule has 2 bridgehead atoms. The second kappa shape index (κ2) is 7.27. The van der Waals surface area contributed by atoms with E-state index >= 15 is 0 Å². The number of ether oxygens (including phenoxy) is 2. The van der Waals surface area contributed by atoms with Crippen LogP contribution in [0.1, 0.15) is 32.3 Å². The van der Waals surface area contributed by atoms with Gasteiger partial charge in [0.25, 0.3) is 0 Å². The van der Waals surface area contributed by atoms with Crippen molar-refractivity contribution in [3.8, 4) is 0 Å². The van der Waals surface area contributed by atoms with Crippen LogP contribution in [-0.2, 0) is 25.6 Å². The van der Waals surface area contributed by atoms with E-state index in [1.54, 1.807) is 0 Å². The number of rotatable bonds is 8. The quantitative estimate of drug-likeness (QED) is 0.520. The van der Waals surface area contributed by atoms with Gasteiger partial charge in [-0.25, -0.2) is 0 Å². The molecule has 5 nitrogen and oxygen atoms in total. The third-order valence-electron chi connectivity index (χ3n) is 7.27. The minimum Gasteiger partial charge on any atom is -0.462 e. The first kappa shape index (κ1) is 18.5. The van der Waals surface area contributed by atoms with Gasteiger partial charge in [-0.3, -0.25) is 9.59 Å². The average Bonchev–Trinajstić information content (AvgIpc) is 3.30. The van der Waals surface area contributed by atoms with Crippen molar-refractivity contribution >= 4 is 11.9 Å². The molecule has 1 aliphatic heterocycles. The topological polar surface area (TPSA) is 52.6 Å². The number of hydrogen-bond donors (Lipinski definition) is 0. The number of fused-ring (bicyclic) bond motifs is 1. The van der Waals surface area contributed by atoms with Crippen LogP contribution in [0.5, 0.6) is 0 Å². The van der Waals surface area contributed by atoms with Gasteiger partial charge >= 0.3 is 11.9 Å². The second-order valence-corrected chi connectivity index (χ2v) is 8.43. The first-order valence-corrected chi connectivity index (χ1v) is 10.3. The lowest BCUT2D eigenvalue weighted by molar-refractivity contribution is -0.937. The van der Waals surface area contributed by atoms with Gasteiger partial charge in [0, 0.05) is 11.5 Å². The van der Waals surface area contributed by atoms with Crippen molar-refractivity contribution in [2.45, 2.75) is 39.3 Å². The maximum absolute atomic E-state index is 12.8. The summed E-state index contributed by atoms with van der Waals surface area (Å²) in [6, 6.07) is 10.5. The van der Waals surface area contributed by atoms with Gasteiger partial charge in [0.15, 0.2) is 0 Å². The maximum Gasteiger partial charge on any atom is 0.310 e. The monoisotopic (exact) mass is 372 g/mol. The van der Waals surface area contributed by atoms with Crippen molar-refractivity contribution in [1.29, 1.82) is 0 Å². The number of quaternary nitrogens is 1. The Labute approximate surface area is 161 Å². The Kier molecular flexibility index (Phi) is 4.97. The van der Waals surface area contributed by atoms with Crippen LogP contribution in [0, 0.1) is 23.7 Å². The molecule has 0 unspecified atom stereocenters. The van der Waals surface area contributed by atoms with Crippen LogP contribution in [0.2, 0.25) is 0 Å². The Morgan fingerprint density at radius 2 is 1.93 bits per heavy atom. The predicted molar refractivity (Wildman–Crippen MR) is 100 cm³/mol. The Morgan fingerprint density at radius 3 is 2.63 bits per heavy atom. The zero-order valence-electron chi connectivity index (χ0n) is 16.3. The third kappa shape index (κ3) is 3.27. The lowest BCUT2D eigenvalue weighted by Crippen LogP contribution is -2.49. The molecule has 2 aliphatic carbocycles. The number of esters is 2. The minimum absolute atomic E-state index is 0.0620. The molecule has 146 valence electrons. The summed E-state index contributed by atoms with van der Waals surface area (Å²) in [6.45, 7) is 8.52. The highest BCUT2D eigenvalue weighted by atomic mass is 16.6. The van der Waals surface area contributed by atoms with Crippen LogP contribution in [0.3, 0.4) is 0 Å². The van der Waals surface area contributed by atoms with E-state index in [4.69, 9.17) is 9.47 Å². The van der Waals surface area contributed by atoms with Gasteiger partial charge in [0.1, 0.15) is 25.8 Å². The molecule has 3 aliphatic rings. The van der Waals surface area contributed by atoms with Gasteiger partial charge in [-0.15, -0.1) is 0 Å². The van der Waals surface area contributed by atoms with Gasteiger partial charge in [0.2, 0.25) is 0 Å². The number of likely N-dealkylation sites (N-methyl/N-ethyl adjacent to an activating group) is 1. The lowest BCUT2D eigenvalue weighted by atomic mass is 9.80. The molecule has 4 rings (SSSR count). The number of nitrogens with zero attached hydrogens (tertiary/aromatic N) is 1. The summed E-state index contributed by atoms with van der Waals surface area (Å²) in [5.41, 5.74) is 1.31. The van der Waals surface area contributed by atoms with E-state index < -0.39 is 0 Å². The lowest BCUT2D eigenvalue weighted by Gasteiger charge is -2.37. The molecule has 0 N–H and O–H groups in total. The van der Waals surface area contributed by atoms with Crippen LogP contribution in [0.4, 0.5) is 0 Å². The summed E-state index contributed by atoms with van der Waals surface area (Å²) in [4.78, 5) is 24.9. The molecule has 1 aromatic carbocycles. The molecule has 27 heavy (non-hydrogen) atoms. The molecule has 0 aromatic heterocycles. The first-order chi connectivity index (χ1) is 13.1. The van der Waals surface area contributed by atoms with E-state index in [1.165, 1.54) is 5.56 Å². The van der Waals surface area contributed by atoms with Gasteiger partial charge in [-0.05, 0) is 32.6 Å². The van der Waals surface area contributed by atoms with Crippen molar-refractivity contribution in [3.05, 3.63) is 35.9 Å². The molecular weight excluding hydrogens is 342 g/mol. The summed E-state index contributed by atoms with van der Waals surface area (Å²) >= 11 is 0.